The molecule has 0 heterocycles. The van der Waals surface area contributed by atoms with Gasteiger partial charge in [0.25, 0.3) is 0 Å². The largest absolute Gasteiger partial charge is 0.103 e. The van der Waals surface area contributed by atoms with E-state index in [9.17, 15) is 0 Å². The summed E-state index contributed by atoms with van der Waals surface area (Å²) in [6.45, 7) is 36.5. The molecule has 1 rings (SSSR count). The van der Waals surface area contributed by atoms with Gasteiger partial charge in [0.2, 0.25) is 0 Å². The van der Waals surface area contributed by atoms with E-state index in [-0.39, 0.29) is 0 Å². The molecular formula is C35H78. The number of hydrogen-bond acceptors (Lipinski definition) is 0. The van der Waals surface area contributed by atoms with Crippen molar-refractivity contribution in [2.75, 3.05) is 0 Å². The summed E-state index contributed by atoms with van der Waals surface area (Å²) >= 11 is 0. The Morgan fingerprint density at radius 2 is 1.06 bits per heavy atom. The van der Waals surface area contributed by atoms with Crippen LogP contribution < -0.4 is 0 Å². The van der Waals surface area contributed by atoms with Gasteiger partial charge >= 0.3 is 0 Å². The molecule has 0 aliphatic heterocycles. The highest BCUT2D eigenvalue weighted by molar-refractivity contribution is 4.89. The van der Waals surface area contributed by atoms with Gasteiger partial charge in [-0.05, 0) is 55.3 Å². The van der Waals surface area contributed by atoms with Crippen molar-refractivity contribution in [3.63, 3.8) is 0 Å². The Morgan fingerprint density at radius 1 is 0.714 bits per heavy atom. The van der Waals surface area contributed by atoms with Crippen molar-refractivity contribution in [1.29, 1.82) is 0 Å². The summed E-state index contributed by atoms with van der Waals surface area (Å²) < 4.78 is 0. The Morgan fingerprint density at radius 3 is 1.26 bits per heavy atom. The third-order valence-electron chi connectivity index (χ3n) is 6.58. The smallest absolute Gasteiger partial charge is 0.0302 e. The predicted molar refractivity (Wildman–Crippen MR) is 172 cm³/mol. The zero-order valence-corrected chi connectivity index (χ0v) is 28.3. The lowest BCUT2D eigenvalue weighted by atomic mass is 9.88. The van der Waals surface area contributed by atoms with Crippen LogP contribution in [-0.2, 0) is 0 Å². The molecule has 1 fully saturated rings. The molecule has 0 aromatic carbocycles. The van der Waals surface area contributed by atoms with Gasteiger partial charge in [0.05, 0.1) is 0 Å². The highest BCUT2D eigenvalue weighted by Gasteiger charge is 2.38. The number of hydrogen-bond donors (Lipinski definition) is 0. The highest BCUT2D eigenvalue weighted by Crippen LogP contribution is 2.51. The quantitative estimate of drug-likeness (QED) is 0.185. The summed E-state index contributed by atoms with van der Waals surface area (Å²) in [5.41, 5.74) is 0.833. The Kier molecular flexibility index (Phi) is 45.9. The van der Waals surface area contributed by atoms with E-state index in [0.717, 1.165) is 29.1 Å². The molecule has 1 atom stereocenters. The maximum atomic E-state index is 3.36. The van der Waals surface area contributed by atoms with Crippen LogP contribution in [0.15, 0.2) is 12.7 Å². The van der Waals surface area contributed by atoms with Gasteiger partial charge in [-0.2, -0.15) is 0 Å². The van der Waals surface area contributed by atoms with Gasteiger partial charge in [0.15, 0.2) is 0 Å². The van der Waals surface area contributed by atoms with Crippen molar-refractivity contribution in [2.24, 2.45) is 29.1 Å². The van der Waals surface area contributed by atoms with Crippen LogP contribution in [0.2, 0.25) is 0 Å². The molecule has 1 unspecified atom stereocenters. The van der Waals surface area contributed by atoms with Gasteiger partial charge < -0.3 is 0 Å². The first-order valence-electron chi connectivity index (χ1n) is 16.1. The summed E-state index contributed by atoms with van der Waals surface area (Å²) in [4.78, 5) is 0. The summed E-state index contributed by atoms with van der Waals surface area (Å²) in [6.07, 6.45) is 20.1. The van der Waals surface area contributed by atoms with Crippen LogP contribution >= 0.6 is 0 Å². The fourth-order valence-electron chi connectivity index (χ4n) is 3.49. The first-order valence-corrected chi connectivity index (χ1v) is 16.1. The van der Waals surface area contributed by atoms with Crippen LogP contribution in [-0.4, -0.2) is 0 Å². The van der Waals surface area contributed by atoms with Gasteiger partial charge in [-0.15, -0.1) is 6.58 Å². The molecule has 218 valence electrons. The fraction of sp³-hybridized carbons (Fsp3) is 0.943. The van der Waals surface area contributed by atoms with Crippen molar-refractivity contribution in [2.45, 2.75) is 187 Å². The minimum atomic E-state index is 0.833. The average molecular weight is 499 g/mol. The van der Waals surface area contributed by atoms with E-state index >= 15 is 0 Å². The second kappa shape index (κ2) is 35.9. The molecule has 0 nitrogen and oxygen atoms in total. The van der Waals surface area contributed by atoms with Gasteiger partial charge in [-0.3, -0.25) is 0 Å². The molecule has 0 heteroatoms. The zero-order chi connectivity index (χ0) is 28.7. The number of unbranched alkanes of at least 4 members (excludes halogenated alkanes) is 2. The normalized spacial score (nSPS) is 13.3. The number of allylic oxidation sites excluding steroid dienone is 1. The Labute approximate surface area is 228 Å². The summed E-state index contributed by atoms with van der Waals surface area (Å²) in [5, 5.41) is 0. The van der Waals surface area contributed by atoms with Gasteiger partial charge in [0.1, 0.15) is 0 Å². The molecule has 1 saturated carbocycles. The van der Waals surface area contributed by atoms with Crippen LogP contribution in [0.5, 0.6) is 0 Å². The minimum absolute atomic E-state index is 0.833. The van der Waals surface area contributed by atoms with Crippen molar-refractivity contribution >= 4 is 0 Å². The molecular weight excluding hydrogens is 420 g/mol. The Balaban J connectivity index is -0.000000124. The lowest BCUT2D eigenvalue weighted by molar-refractivity contribution is 0.345. The highest BCUT2D eigenvalue weighted by atomic mass is 14.4. The van der Waals surface area contributed by atoms with Crippen LogP contribution in [0.4, 0.5) is 0 Å². The Hall–Kier alpha value is -0.260. The first kappa shape index (κ1) is 44.7. The van der Waals surface area contributed by atoms with E-state index in [1.807, 2.05) is 20.8 Å². The Bertz CT molecular complexity index is 319. The lowest BCUT2D eigenvalue weighted by Crippen LogP contribution is -2.05. The molecule has 0 aromatic heterocycles. The molecule has 35 heavy (non-hydrogen) atoms. The predicted octanol–water partition coefficient (Wildman–Crippen LogP) is 13.9. The maximum Gasteiger partial charge on any atom is -0.0302 e. The molecule has 0 N–H and O–H groups in total. The monoisotopic (exact) mass is 499 g/mol. The second-order valence-electron chi connectivity index (χ2n) is 11.5. The van der Waals surface area contributed by atoms with E-state index in [1.165, 1.54) is 83.5 Å². The van der Waals surface area contributed by atoms with Crippen LogP contribution in [0, 0.1) is 29.1 Å². The van der Waals surface area contributed by atoms with Gasteiger partial charge in [-0.1, -0.05) is 167 Å². The molecule has 0 amide bonds. The molecule has 0 radical (unpaired) electrons. The summed E-state index contributed by atoms with van der Waals surface area (Å²) in [7, 11) is 0. The van der Waals surface area contributed by atoms with Gasteiger partial charge in [-0.25, -0.2) is 0 Å². The molecule has 0 saturated heterocycles. The topological polar surface area (TPSA) is 0 Å². The van der Waals surface area contributed by atoms with E-state index < -0.39 is 0 Å². The number of rotatable bonds is 12. The fourth-order valence-corrected chi connectivity index (χ4v) is 3.49. The third kappa shape index (κ3) is 47.5. The van der Waals surface area contributed by atoms with Crippen molar-refractivity contribution in [1.82, 2.24) is 0 Å². The molecule has 1 aliphatic rings. The van der Waals surface area contributed by atoms with E-state index in [0.29, 0.717) is 0 Å². The van der Waals surface area contributed by atoms with Crippen molar-refractivity contribution in [3.05, 3.63) is 12.7 Å². The summed E-state index contributed by atoms with van der Waals surface area (Å²) in [6, 6.07) is 0. The van der Waals surface area contributed by atoms with Crippen LogP contribution in [0.3, 0.4) is 0 Å². The van der Waals surface area contributed by atoms with Crippen molar-refractivity contribution in [3.8, 4) is 0 Å². The van der Waals surface area contributed by atoms with Gasteiger partial charge in [0, 0.05) is 0 Å². The first-order chi connectivity index (χ1) is 16.5. The van der Waals surface area contributed by atoms with E-state index in [1.54, 1.807) is 6.08 Å². The second-order valence-corrected chi connectivity index (χ2v) is 11.5. The molecule has 0 aromatic rings. The SMILES string of the molecule is C=CC.CC.CC(C)C.CCC(CC)CC(C)CCCCC(C)C.CCC1(CC)CC1.CCCC. The van der Waals surface area contributed by atoms with Crippen molar-refractivity contribution < 1.29 is 0 Å². The van der Waals surface area contributed by atoms with Crippen LogP contribution in [0.25, 0.3) is 0 Å². The maximum absolute atomic E-state index is 3.36. The molecule has 0 bridgehead atoms. The zero-order valence-electron chi connectivity index (χ0n) is 28.3. The van der Waals surface area contributed by atoms with E-state index in [4.69, 9.17) is 0 Å². The average Bonchev–Trinajstić information content (AvgIpc) is 3.63. The third-order valence-corrected chi connectivity index (χ3v) is 6.58. The summed E-state index contributed by atoms with van der Waals surface area (Å²) in [5.74, 6) is 3.64. The standard InChI is InChI=1S/C15H32.C7H14.2C4H10.C3H6.C2H6/c1-6-15(7-2)12-14(5)11-9-8-10-13(3)4;1-3-7(4-2)5-6-7;1-4(2)3;1-3-4-2;1-3-2;1-2/h13-15H,6-12H2,1-5H3;3-6H2,1-2H3;4H,1-3H3;3-4H2,1-2H3;3H,1H2,2H3;1-2H3. The lowest BCUT2D eigenvalue weighted by Gasteiger charge is -2.18. The molecule has 1 aliphatic carbocycles. The molecule has 0 spiro atoms. The minimum Gasteiger partial charge on any atom is -0.103 e. The van der Waals surface area contributed by atoms with E-state index in [2.05, 4.69) is 89.7 Å². The van der Waals surface area contributed by atoms with Crippen LogP contribution in [0.1, 0.15) is 187 Å².